The van der Waals surface area contributed by atoms with E-state index in [1.54, 1.807) is 54.3 Å². The molecule has 0 atom stereocenters. The van der Waals surface area contributed by atoms with Gasteiger partial charge in [-0.1, -0.05) is 53.5 Å². The minimum Gasteiger partial charge on any atom is -0.494 e. The summed E-state index contributed by atoms with van der Waals surface area (Å²) >= 11 is 12.6. The van der Waals surface area contributed by atoms with Gasteiger partial charge in [-0.25, -0.2) is 0 Å². The maximum Gasteiger partial charge on any atom is 0.275 e. The van der Waals surface area contributed by atoms with E-state index in [9.17, 15) is 14.9 Å². The van der Waals surface area contributed by atoms with Crippen molar-refractivity contribution in [1.29, 1.82) is 5.26 Å². The minimum absolute atomic E-state index is 0.0358. The maximum absolute atomic E-state index is 13.9. The van der Waals surface area contributed by atoms with E-state index in [2.05, 4.69) is 11.2 Å². The van der Waals surface area contributed by atoms with Gasteiger partial charge in [0.05, 0.1) is 22.7 Å². The summed E-state index contributed by atoms with van der Waals surface area (Å²) in [5.74, 6) is 0.738. The van der Waals surface area contributed by atoms with Gasteiger partial charge in [-0.05, 0) is 74.7 Å². The summed E-state index contributed by atoms with van der Waals surface area (Å²) in [5, 5.41) is 15.5. The van der Waals surface area contributed by atoms with Gasteiger partial charge in [-0.15, -0.1) is 0 Å². The quantitative estimate of drug-likeness (QED) is 0.215. The number of carbonyl (C=O) groups excluding carboxylic acids is 2. The lowest BCUT2D eigenvalue weighted by Crippen LogP contribution is -2.48. The number of benzene rings is 3. The van der Waals surface area contributed by atoms with Gasteiger partial charge >= 0.3 is 0 Å². The van der Waals surface area contributed by atoms with Crippen LogP contribution in [0.4, 0.5) is 0 Å². The normalized spacial score (nSPS) is 14.2. The summed E-state index contributed by atoms with van der Waals surface area (Å²) in [6, 6.07) is 23.5. The van der Waals surface area contributed by atoms with E-state index in [1.807, 2.05) is 37.3 Å². The number of piperidine rings is 1. The zero-order valence-electron chi connectivity index (χ0n) is 23.1. The molecule has 42 heavy (non-hydrogen) atoms. The first kappa shape index (κ1) is 29.2. The molecule has 0 aliphatic carbocycles. The highest BCUT2D eigenvalue weighted by molar-refractivity contribution is 6.35. The van der Waals surface area contributed by atoms with Crippen molar-refractivity contribution in [2.45, 2.75) is 32.1 Å². The molecule has 1 saturated heterocycles. The van der Waals surface area contributed by atoms with Crippen molar-refractivity contribution >= 4 is 34.9 Å². The smallest absolute Gasteiger partial charge is 0.275 e. The van der Waals surface area contributed by atoms with Crippen molar-refractivity contribution in [3.63, 3.8) is 0 Å². The zero-order valence-corrected chi connectivity index (χ0v) is 24.7. The number of Topliss-reactive ketones (excluding diaryl/α,β-unsaturated/α-hetero) is 1. The Kier molecular flexibility index (Phi) is 8.53. The Balaban J connectivity index is 1.51. The van der Waals surface area contributed by atoms with Crippen LogP contribution in [0.3, 0.4) is 0 Å². The summed E-state index contributed by atoms with van der Waals surface area (Å²) in [4.78, 5) is 28.4. The molecule has 5 rings (SSSR count). The van der Waals surface area contributed by atoms with Crippen LogP contribution in [0.15, 0.2) is 72.8 Å². The number of amides is 1. The van der Waals surface area contributed by atoms with Crippen molar-refractivity contribution < 1.29 is 19.1 Å². The Morgan fingerprint density at radius 2 is 1.67 bits per heavy atom. The number of halogens is 2. The number of carbonyl (C=O) groups is 2. The summed E-state index contributed by atoms with van der Waals surface area (Å²) < 4.78 is 13.0. The van der Waals surface area contributed by atoms with Crippen LogP contribution in [0.25, 0.3) is 5.69 Å². The van der Waals surface area contributed by atoms with Crippen molar-refractivity contribution in [2.24, 2.45) is 0 Å². The SMILES string of the molecule is CCOc1ccc(Oc2c(C#N)c(C(=O)N3CCC(C(C)=O)(c4ccccc4)CC3)nn2-c2ccc(Cl)cc2Cl)cc1. The third-order valence-corrected chi connectivity index (χ3v) is 8.09. The van der Waals surface area contributed by atoms with Crippen LogP contribution in [0.2, 0.25) is 10.0 Å². The molecule has 0 N–H and O–H groups in total. The van der Waals surface area contributed by atoms with Crippen molar-refractivity contribution in [3.05, 3.63) is 99.7 Å². The molecular formula is C32H28Cl2N4O4. The van der Waals surface area contributed by atoms with Crippen LogP contribution < -0.4 is 9.47 Å². The second kappa shape index (κ2) is 12.3. The lowest BCUT2D eigenvalue weighted by Gasteiger charge is -2.40. The van der Waals surface area contributed by atoms with Gasteiger partial charge in [0.1, 0.15) is 28.9 Å². The molecule has 2 heterocycles. The Bertz CT molecular complexity index is 1650. The topological polar surface area (TPSA) is 97.4 Å². The summed E-state index contributed by atoms with van der Waals surface area (Å²) in [7, 11) is 0. The van der Waals surface area contributed by atoms with Gasteiger partial charge in [-0.2, -0.15) is 15.0 Å². The van der Waals surface area contributed by atoms with Gasteiger partial charge < -0.3 is 14.4 Å². The molecule has 0 radical (unpaired) electrons. The zero-order chi connectivity index (χ0) is 29.9. The number of hydrogen-bond acceptors (Lipinski definition) is 6. The lowest BCUT2D eigenvalue weighted by molar-refractivity contribution is -0.124. The van der Waals surface area contributed by atoms with Crippen LogP contribution in [0.1, 0.15) is 48.3 Å². The fourth-order valence-corrected chi connectivity index (χ4v) is 5.78. The summed E-state index contributed by atoms with van der Waals surface area (Å²) in [6.45, 7) is 4.64. The standard InChI is InChI=1S/C32H28Cl2N4O4/c1-3-41-24-10-12-25(13-11-24)42-31-26(20-35)29(36-38(31)28-14-9-23(33)19-27(28)34)30(40)37-17-15-32(16-18-37,21(2)39)22-7-5-4-6-8-22/h4-14,19H,3,15-18H2,1-2H3. The molecule has 1 aliphatic heterocycles. The molecule has 0 spiro atoms. The van der Waals surface area contributed by atoms with E-state index in [0.29, 0.717) is 54.7 Å². The molecular weight excluding hydrogens is 575 g/mol. The summed E-state index contributed by atoms with van der Waals surface area (Å²) in [5.41, 5.74) is 0.547. The van der Waals surface area contributed by atoms with Gasteiger partial charge in [0.2, 0.25) is 5.88 Å². The van der Waals surface area contributed by atoms with Crippen molar-refractivity contribution in [2.75, 3.05) is 19.7 Å². The van der Waals surface area contributed by atoms with Gasteiger partial charge in [0.15, 0.2) is 5.69 Å². The highest BCUT2D eigenvalue weighted by atomic mass is 35.5. The van der Waals surface area contributed by atoms with Gasteiger partial charge in [0, 0.05) is 18.1 Å². The molecule has 1 aromatic heterocycles. The van der Waals surface area contributed by atoms with E-state index in [1.165, 1.54) is 4.68 Å². The Hall–Kier alpha value is -4.32. The predicted molar refractivity (Wildman–Crippen MR) is 160 cm³/mol. The molecule has 0 saturated carbocycles. The Labute approximate surface area is 254 Å². The first-order valence-corrected chi connectivity index (χ1v) is 14.3. The first-order chi connectivity index (χ1) is 20.3. The van der Waals surface area contributed by atoms with E-state index in [-0.39, 0.29) is 27.9 Å². The molecule has 214 valence electrons. The average molecular weight is 604 g/mol. The van der Waals surface area contributed by atoms with Gasteiger partial charge in [0.25, 0.3) is 5.91 Å². The minimum atomic E-state index is -0.672. The van der Waals surface area contributed by atoms with Crippen molar-refractivity contribution in [1.82, 2.24) is 14.7 Å². The van der Waals surface area contributed by atoms with Crippen LogP contribution >= 0.6 is 23.2 Å². The molecule has 0 unspecified atom stereocenters. The Morgan fingerprint density at radius 3 is 2.26 bits per heavy atom. The Morgan fingerprint density at radius 1 is 1.00 bits per heavy atom. The summed E-state index contributed by atoms with van der Waals surface area (Å²) in [6.07, 6.45) is 0.915. The lowest BCUT2D eigenvalue weighted by atomic mass is 9.70. The fourth-order valence-electron chi connectivity index (χ4n) is 5.29. The molecule has 1 amide bonds. The van der Waals surface area contributed by atoms with E-state index in [4.69, 9.17) is 32.7 Å². The number of aromatic nitrogens is 2. The molecule has 1 fully saturated rings. The molecule has 10 heteroatoms. The number of ketones is 1. The molecule has 3 aromatic carbocycles. The number of hydrogen-bond donors (Lipinski definition) is 0. The maximum atomic E-state index is 13.9. The number of rotatable bonds is 8. The molecule has 0 bridgehead atoms. The van der Waals surface area contributed by atoms with Crippen molar-refractivity contribution in [3.8, 4) is 29.1 Å². The number of nitriles is 1. The van der Waals surface area contributed by atoms with Crippen LogP contribution in [0, 0.1) is 11.3 Å². The fraction of sp³-hybridized carbons (Fsp3) is 0.250. The largest absolute Gasteiger partial charge is 0.494 e. The third kappa shape index (κ3) is 5.58. The van der Waals surface area contributed by atoms with Gasteiger partial charge in [-0.3, -0.25) is 9.59 Å². The van der Waals surface area contributed by atoms with E-state index >= 15 is 0 Å². The molecule has 4 aromatic rings. The predicted octanol–water partition coefficient (Wildman–Crippen LogP) is 7.00. The van der Waals surface area contributed by atoms with Crippen LogP contribution in [-0.4, -0.2) is 46.1 Å². The van der Waals surface area contributed by atoms with Crippen LogP contribution in [0.5, 0.6) is 17.4 Å². The molecule has 8 nitrogen and oxygen atoms in total. The molecule has 1 aliphatic rings. The average Bonchev–Trinajstić information content (AvgIpc) is 3.36. The number of ether oxygens (including phenoxy) is 2. The first-order valence-electron chi connectivity index (χ1n) is 13.5. The third-order valence-electron chi connectivity index (χ3n) is 7.55. The highest BCUT2D eigenvalue weighted by Crippen LogP contribution is 2.38. The van der Waals surface area contributed by atoms with E-state index < -0.39 is 11.3 Å². The number of likely N-dealkylation sites (tertiary alicyclic amines) is 1. The monoisotopic (exact) mass is 602 g/mol. The number of nitrogens with zero attached hydrogens (tertiary/aromatic N) is 4. The van der Waals surface area contributed by atoms with E-state index in [0.717, 1.165) is 5.56 Å². The second-order valence-corrected chi connectivity index (χ2v) is 10.8. The highest BCUT2D eigenvalue weighted by Gasteiger charge is 2.42. The van der Waals surface area contributed by atoms with Crippen LogP contribution in [-0.2, 0) is 10.2 Å². The second-order valence-electron chi connectivity index (χ2n) is 9.95.